The molecule has 3 unspecified atom stereocenters. The number of rotatable bonds is 9. The quantitative estimate of drug-likeness (QED) is 0.154. The van der Waals surface area contributed by atoms with E-state index in [2.05, 4.69) is 33.3 Å². The fourth-order valence-corrected chi connectivity index (χ4v) is 6.62. The van der Waals surface area contributed by atoms with Gasteiger partial charge in [-0.3, -0.25) is 4.52 Å². The lowest BCUT2D eigenvalue weighted by molar-refractivity contribution is -0.0946. The molecule has 0 radical (unpaired) electrons. The van der Waals surface area contributed by atoms with Crippen LogP contribution >= 0.6 is 23.5 Å². The molecule has 0 aromatic carbocycles. The Morgan fingerprint density at radius 1 is 1.16 bits per heavy atom. The number of phosphoric acid groups is 3. The summed E-state index contributed by atoms with van der Waals surface area (Å²) in [6, 6.07) is 0. The Hall–Kier alpha value is -2.15. The summed E-state index contributed by atoms with van der Waals surface area (Å²) in [6.07, 6.45) is -1.20. The second-order valence-corrected chi connectivity index (χ2v) is 12.2. The van der Waals surface area contributed by atoms with Crippen LogP contribution in [-0.4, -0.2) is 78.9 Å². The summed E-state index contributed by atoms with van der Waals surface area (Å²) in [5.74, 6) is 0.0343. The van der Waals surface area contributed by atoms with E-state index in [1.807, 2.05) is 0 Å². The Kier molecular flexibility index (Phi) is 7.19. The molecule has 23 heteroatoms. The van der Waals surface area contributed by atoms with Crippen LogP contribution in [0.5, 0.6) is 0 Å². The van der Waals surface area contributed by atoms with Gasteiger partial charge in [-0.25, -0.2) is 23.7 Å². The molecule has 4 rings (SSSR count). The van der Waals surface area contributed by atoms with Crippen molar-refractivity contribution < 1.29 is 65.8 Å². The van der Waals surface area contributed by atoms with Gasteiger partial charge in [0.25, 0.3) is 0 Å². The lowest BCUT2D eigenvalue weighted by Gasteiger charge is -2.27. The standard InChI is InChI=1S/C14H19N6O14P3/c1-14(22)9(21)7(3-31-36(26,27)34-37(28,29)33-35(23,24)25)32-13(14)20-2-6(12-19-18-5-30-12)8-10(15)16-4-17-11(8)20/h2,4-5,7,9,13,21-22H,3H2,1H3,(H,26,27)(H,28,29)(H2,15,16,17)(H2,23,24,25)/t7?,9-,13-,14-/m1/s1. The number of nitrogens with two attached hydrogens (primary N) is 1. The SMILES string of the molecule is C[C@@]1(O)[C@H](O)C(COP(=O)(O)OP(=O)(O)OP(=O)(O)O)O[C@H]1n1cc(-c2nnco2)c2c(N)ncnc21. The highest BCUT2D eigenvalue weighted by atomic mass is 31.3. The Bertz CT molecular complexity index is 1440. The smallest absolute Gasteiger partial charge is 0.423 e. The van der Waals surface area contributed by atoms with Gasteiger partial charge in [0.2, 0.25) is 12.3 Å². The Morgan fingerprint density at radius 2 is 1.86 bits per heavy atom. The van der Waals surface area contributed by atoms with Gasteiger partial charge in [0.05, 0.1) is 17.6 Å². The summed E-state index contributed by atoms with van der Waals surface area (Å²) in [6.45, 7) is 0.167. The average Bonchev–Trinajstić information content (AvgIpc) is 3.43. The van der Waals surface area contributed by atoms with Crippen LogP contribution in [0.1, 0.15) is 13.2 Å². The number of aliphatic hydroxyl groups excluding tert-OH is 1. The van der Waals surface area contributed by atoms with E-state index in [0.717, 1.165) is 12.7 Å². The van der Waals surface area contributed by atoms with E-state index < -0.39 is 54.1 Å². The van der Waals surface area contributed by atoms with Gasteiger partial charge < -0.3 is 49.2 Å². The highest BCUT2D eigenvalue weighted by Gasteiger charge is 2.54. The maximum absolute atomic E-state index is 12.0. The summed E-state index contributed by atoms with van der Waals surface area (Å²) < 4.78 is 58.2. The maximum atomic E-state index is 12.0. The van der Waals surface area contributed by atoms with Crippen molar-refractivity contribution in [3.05, 3.63) is 18.9 Å². The van der Waals surface area contributed by atoms with Crippen LogP contribution in [0, 0.1) is 0 Å². The number of aliphatic hydroxyl groups is 2. The molecule has 6 atom stereocenters. The van der Waals surface area contributed by atoms with Crippen molar-refractivity contribution in [3.63, 3.8) is 0 Å². The van der Waals surface area contributed by atoms with E-state index in [-0.39, 0.29) is 28.3 Å². The third kappa shape index (κ3) is 5.81. The van der Waals surface area contributed by atoms with E-state index in [9.17, 15) is 33.7 Å². The van der Waals surface area contributed by atoms with Gasteiger partial charge >= 0.3 is 23.5 Å². The molecule has 1 aliphatic rings. The molecule has 0 amide bonds. The summed E-state index contributed by atoms with van der Waals surface area (Å²) >= 11 is 0. The fourth-order valence-electron chi connectivity index (χ4n) is 3.59. The molecule has 0 spiro atoms. The number of ether oxygens (including phenoxy) is 1. The third-order valence-corrected chi connectivity index (χ3v) is 8.86. The molecule has 1 aliphatic heterocycles. The number of hydrogen-bond acceptors (Lipinski definition) is 15. The zero-order valence-electron chi connectivity index (χ0n) is 18.3. The molecule has 20 nitrogen and oxygen atoms in total. The number of aromatic nitrogens is 5. The first-order valence-electron chi connectivity index (χ1n) is 9.72. The van der Waals surface area contributed by atoms with Crippen molar-refractivity contribution in [2.45, 2.75) is 31.0 Å². The number of anilines is 1. The molecule has 0 saturated carbocycles. The van der Waals surface area contributed by atoms with E-state index in [1.54, 1.807) is 0 Å². The minimum atomic E-state index is -5.76. The molecule has 3 aromatic heterocycles. The lowest BCUT2D eigenvalue weighted by Crippen LogP contribution is -2.44. The normalized spacial score (nSPS) is 27.8. The largest absolute Gasteiger partial charge is 0.490 e. The minimum absolute atomic E-state index is 0.0133. The predicted molar refractivity (Wildman–Crippen MR) is 116 cm³/mol. The maximum Gasteiger partial charge on any atom is 0.490 e. The first-order chi connectivity index (χ1) is 17.0. The average molecular weight is 588 g/mol. The first kappa shape index (κ1) is 27.9. The number of nitrogens with zero attached hydrogens (tertiary/aromatic N) is 5. The van der Waals surface area contributed by atoms with Crippen LogP contribution in [0.2, 0.25) is 0 Å². The fraction of sp³-hybridized carbons (Fsp3) is 0.429. The molecule has 0 aliphatic carbocycles. The van der Waals surface area contributed by atoms with Crippen LogP contribution in [-0.2, 0) is 31.6 Å². The molecule has 1 saturated heterocycles. The van der Waals surface area contributed by atoms with Crippen molar-refractivity contribution in [2.75, 3.05) is 12.3 Å². The number of phosphoric ester groups is 1. The van der Waals surface area contributed by atoms with Crippen molar-refractivity contribution in [2.24, 2.45) is 0 Å². The lowest BCUT2D eigenvalue weighted by atomic mass is 9.96. The second-order valence-electron chi connectivity index (χ2n) is 7.74. The van der Waals surface area contributed by atoms with Gasteiger partial charge in [0.1, 0.15) is 35.6 Å². The van der Waals surface area contributed by atoms with Gasteiger partial charge in [0.15, 0.2) is 6.23 Å². The Balaban J connectivity index is 1.59. The van der Waals surface area contributed by atoms with Gasteiger partial charge in [-0.1, -0.05) is 0 Å². The highest BCUT2D eigenvalue weighted by molar-refractivity contribution is 7.66. The molecule has 1 fully saturated rings. The van der Waals surface area contributed by atoms with Gasteiger partial charge in [-0.2, -0.15) is 8.62 Å². The molecule has 4 heterocycles. The molecule has 37 heavy (non-hydrogen) atoms. The highest BCUT2D eigenvalue weighted by Crippen LogP contribution is 2.66. The Morgan fingerprint density at radius 3 is 2.49 bits per heavy atom. The monoisotopic (exact) mass is 588 g/mol. The number of nitrogen functional groups attached to an aromatic ring is 1. The van der Waals surface area contributed by atoms with Crippen molar-refractivity contribution in [3.8, 4) is 11.5 Å². The summed E-state index contributed by atoms with van der Waals surface area (Å²) in [5, 5.41) is 29.3. The molecule has 3 aromatic rings. The molecular weight excluding hydrogens is 569 g/mol. The minimum Gasteiger partial charge on any atom is -0.423 e. The summed E-state index contributed by atoms with van der Waals surface area (Å²) in [7, 11) is -16.9. The van der Waals surface area contributed by atoms with E-state index >= 15 is 0 Å². The van der Waals surface area contributed by atoms with Gasteiger partial charge in [-0.05, 0) is 6.92 Å². The zero-order chi connectivity index (χ0) is 27.4. The number of hydrogen-bond donors (Lipinski definition) is 7. The van der Waals surface area contributed by atoms with Gasteiger partial charge in [0, 0.05) is 6.20 Å². The summed E-state index contributed by atoms with van der Waals surface area (Å²) in [4.78, 5) is 44.1. The molecular formula is C14H19N6O14P3. The molecule has 0 bridgehead atoms. The van der Waals surface area contributed by atoms with Crippen LogP contribution in [0.15, 0.2) is 23.3 Å². The first-order valence-corrected chi connectivity index (χ1v) is 14.2. The number of fused-ring (bicyclic) bond motifs is 1. The Labute approximate surface area is 205 Å². The van der Waals surface area contributed by atoms with E-state index in [1.165, 1.54) is 17.7 Å². The molecule has 204 valence electrons. The summed E-state index contributed by atoms with van der Waals surface area (Å²) in [5.41, 5.74) is 4.26. The van der Waals surface area contributed by atoms with E-state index in [0.29, 0.717) is 0 Å². The third-order valence-electron chi connectivity index (χ3n) is 5.05. The predicted octanol–water partition coefficient (Wildman–Crippen LogP) is -0.584. The zero-order valence-corrected chi connectivity index (χ0v) is 21.0. The topological polar surface area (TPSA) is 305 Å². The van der Waals surface area contributed by atoms with Crippen LogP contribution in [0.25, 0.3) is 22.5 Å². The van der Waals surface area contributed by atoms with Crippen LogP contribution in [0.3, 0.4) is 0 Å². The van der Waals surface area contributed by atoms with Crippen molar-refractivity contribution >= 4 is 40.3 Å². The molecule has 8 N–H and O–H groups in total. The van der Waals surface area contributed by atoms with Crippen LogP contribution in [0.4, 0.5) is 5.82 Å². The van der Waals surface area contributed by atoms with Crippen molar-refractivity contribution in [1.29, 1.82) is 0 Å². The second kappa shape index (κ2) is 9.55. The van der Waals surface area contributed by atoms with Crippen molar-refractivity contribution in [1.82, 2.24) is 24.7 Å². The van der Waals surface area contributed by atoms with Gasteiger partial charge in [-0.15, -0.1) is 10.2 Å². The van der Waals surface area contributed by atoms with Crippen LogP contribution < -0.4 is 5.73 Å². The van der Waals surface area contributed by atoms with E-state index in [4.69, 9.17) is 24.7 Å².